The van der Waals surface area contributed by atoms with Crippen molar-refractivity contribution in [2.24, 2.45) is 5.11 Å². The Morgan fingerprint density at radius 3 is 2.77 bits per heavy atom. The molecule has 0 aromatic heterocycles. The first kappa shape index (κ1) is 15.2. The van der Waals surface area contributed by atoms with Crippen molar-refractivity contribution in [2.45, 2.75) is 36.9 Å². The summed E-state index contributed by atoms with van der Waals surface area (Å²) in [6.45, 7) is 0.254. The molecule has 2 heterocycles. The zero-order valence-corrected chi connectivity index (χ0v) is 12.0. The van der Waals surface area contributed by atoms with Crippen LogP contribution in [0.15, 0.2) is 35.4 Å². The number of ether oxygens (including phenoxy) is 4. The van der Waals surface area contributed by atoms with Crippen LogP contribution in [0.1, 0.15) is 11.9 Å². The molecule has 1 N–H and O–H groups in total. The van der Waals surface area contributed by atoms with E-state index in [1.807, 2.05) is 30.3 Å². The van der Waals surface area contributed by atoms with E-state index in [1.165, 1.54) is 7.11 Å². The van der Waals surface area contributed by atoms with Crippen molar-refractivity contribution >= 4 is 0 Å². The Labute approximate surface area is 127 Å². The first-order valence-corrected chi connectivity index (χ1v) is 6.97. The zero-order valence-electron chi connectivity index (χ0n) is 12.0. The van der Waals surface area contributed by atoms with Gasteiger partial charge in [-0.1, -0.05) is 35.4 Å². The van der Waals surface area contributed by atoms with Gasteiger partial charge in [0.1, 0.15) is 18.2 Å². The summed E-state index contributed by atoms with van der Waals surface area (Å²) in [5.41, 5.74) is 9.50. The third-order valence-corrected chi connectivity index (χ3v) is 3.82. The standard InChI is InChI=1S/C14H17N3O5/c1-19-14-10(16-17-15)11(18)12-9(21-14)7-20-13(22-12)8-5-3-2-4-6-8/h2-6,9-14,18H,7H2,1H3/t9-,10+,11-,12+,13+,14-/m1/s1. The molecule has 0 amide bonds. The van der Waals surface area contributed by atoms with Crippen molar-refractivity contribution in [3.8, 4) is 0 Å². The van der Waals surface area contributed by atoms with Crippen molar-refractivity contribution in [1.82, 2.24) is 0 Å². The third-order valence-electron chi connectivity index (χ3n) is 3.82. The van der Waals surface area contributed by atoms with Crippen LogP contribution in [-0.4, -0.2) is 49.5 Å². The van der Waals surface area contributed by atoms with Gasteiger partial charge in [-0.25, -0.2) is 0 Å². The van der Waals surface area contributed by atoms with Crippen LogP contribution < -0.4 is 0 Å². The largest absolute Gasteiger partial charge is 0.390 e. The molecule has 0 unspecified atom stereocenters. The van der Waals surface area contributed by atoms with E-state index in [0.29, 0.717) is 0 Å². The lowest BCUT2D eigenvalue weighted by atomic mass is 9.96. The van der Waals surface area contributed by atoms with Gasteiger partial charge in [0.15, 0.2) is 12.6 Å². The highest BCUT2D eigenvalue weighted by Crippen LogP contribution is 2.35. The Bertz CT molecular complexity index is 551. The molecule has 118 valence electrons. The zero-order chi connectivity index (χ0) is 15.5. The van der Waals surface area contributed by atoms with Gasteiger partial charge in [0, 0.05) is 17.6 Å². The summed E-state index contributed by atoms with van der Waals surface area (Å²) >= 11 is 0. The number of azide groups is 1. The molecule has 3 rings (SSSR count). The molecule has 0 radical (unpaired) electrons. The lowest BCUT2D eigenvalue weighted by Crippen LogP contribution is -2.61. The van der Waals surface area contributed by atoms with E-state index in [2.05, 4.69) is 10.0 Å². The van der Waals surface area contributed by atoms with Crippen LogP contribution >= 0.6 is 0 Å². The third kappa shape index (κ3) is 2.80. The van der Waals surface area contributed by atoms with Crippen molar-refractivity contribution in [1.29, 1.82) is 0 Å². The highest BCUT2D eigenvalue weighted by molar-refractivity contribution is 5.16. The second kappa shape index (κ2) is 6.62. The van der Waals surface area contributed by atoms with E-state index >= 15 is 0 Å². The number of benzene rings is 1. The Balaban J connectivity index is 1.79. The van der Waals surface area contributed by atoms with Gasteiger partial charge in [0.2, 0.25) is 0 Å². The second-order valence-electron chi connectivity index (χ2n) is 5.14. The fourth-order valence-corrected chi connectivity index (χ4v) is 2.73. The molecular formula is C14H17N3O5. The molecule has 0 bridgehead atoms. The van der Waals surface area contributed by atoms with Crippen LogP contribution in [-0.2, 0) is 18.9 Å². The van der Waals surface area contributed by atoms with Crippen LogP contribution in [0.25, 0.3) is 10.4 Å². The maximum Gasteiger partial charge on any atom is 0.184 e. The van der Waals surface area contributed by atoms with Gasteiger partial charge >= 0.3 is 0 Å². The van der Waals surface area contributed by atoms with Crippen molar-refractivity contribution in [3.63, 3.8) is 0 Å². The van der Waals surface area contributed by atoms with Gasteiger partial charge in [0.05, 0.1) is 12.7 Å². The van der Waals surface area contributed by atoms with Crippen molar-refractivity contribution in [3.05, 3.63) is 46.3 Å². The number of methoxy groups -OCH3 is 1. The topological polar surface area (TPSA) is 106 Å². The fraction of sp³-hybridized carbons (Fsp3) is 0.571. The van der Waals surface area contributed by atoms with E-state index in [-0.39, 0.29) is 6.61 Å². The molecule has 2 saturated heterocycles. The first-order valence-electron chi connectivity index (χ1n) is 6.97. The number of aliphatic hydroxyl groups excluding tert-OH is 1. The quantitative estimate of drug-likeness (QED) is 0.517. The van der Waals surface area contributed by atoms with Gasteiger partial charge < -0.3 is 24.1 Å². The maximum absolute atomic E-state index is 10.5. The number of aliphatic hydroxyl groups is 1. The minimum absolute atomic E-state index is 0.254. The van der Waals surface area contributed by atoms with Gasteiger partial charge in [0.25, 0.3) is 0 Å². The normalized spacial score (nSPS) is 37.9. The van der Waals surface area contributed by atoms with E-state index in [9.17, 15) is 5.11 Å². The van der Waals surface area contributed by atoms with Crippen molar-refractivity contribution < 1.29 is 24.1 Å². The molecule has 0 aliphatic carbocycles. The van der Waals surface area contributed by atoms with Crippen LogP contribution in [0.2, 0.25) is 0 Å². The summed E-state index contributed by atoms with van der Waals surface area (Å²) in [5, 5.41) is 14.0. The number of nitrogens with zero attached hydrogens (tertiary/aromatic N) is 3. The smallest absolute Gasteiger partial charge is 0.184 e. The lowest BCUT2D eigenvalue weighted by Gasteiger charge is -2.46. The number of hydrogen-bond donors (Lipinski definition) is 1. The molecule has 0 spiro atoms. The molecule has 2 fully saturated rings. The summed E-state index contributed by atoms with van der Waals surface area (Å²) in [7, 11) is 1.43. The fourth-order valence-electron chi connectivity index (χ4n) is 2.73. The van der Waals surface area contributed by atoms with Crippen LogP contribution in [0.3, 0.4) is 0 Å². The highest BCUT2D eigenvalue weighted by Gasteiger charge is 2.49. The molecule has 1 aromatic carbocycles. The first-order chi connectivity index (χ1) is 10.7. The Hall–Kier alpha value is -1.67. The summed E-state index contributed by atoms with van der Waals surface area (Å²) in [6, 6.07) is 8.55. The van der Waals surface area contributed by atoms with E-state index < -0.39 is 36.9 Å². The van der Waals surface area contributed by atoms with Gasteiger partial charge in [-0.2, -0.15) is 0 Å². The molecule has 8 heteroatoms. The van der Waals surface area contributed by atoms with Gasteiger partial charge in [-0.3, -0.25) is 0 Å². The predicted molar refractivity (Wildman–Crippen MR) is 74.6 cm³/mol. The summed E-state index contributed by atoms with van der Waals surface area (Å²) in [5.74, 6) is 0. The van der Waals surface area contributed by atoms with Crippen LogP contribution in [0.5, 0.6) is 0 Å². The Morgan fingerprint density at radius 1 is 1.32 bits per heavy atom. The number of rotatable bonds is 3. The summed E-state index contributed by atoms with van der Waals surface area (Å²) in [6.07, 6.45) is -3.58. The molecule has 22 heavy (non-hydrogen) atoms. The Morgan fingerprint density at radius 2 is 2.09 bits per heavy atom. The second-order valence-corrected chi connectivity index (χ2v) is 5.14. The summed E-state index contributed by atoms with van der Waals surface area (Å²) < 4.78 is 22.3. The highest BCUT2D eigenvalue weighted by atomic mass is 16.7. The Kier molecular flexibility index (Phi) is 4.58. The minimum Gasteiger partial charge on any atom is -0.390 e. The molecular weight excluding hydrogens is 290 g/mol. The van der Waals surface area contributed by atoms with Crippen LogP contribution in [0, 0.1) is 0 Å². The molecule has 6 atom stereocenters. The molecule has 8 nitrogen and oxygen atoms in total. The minimum atomic E-state index is -1.03. The van der Waals surface area contributed by atoms with Crippen LogP contribution in [0.4, 0.5) is 0 Å². The summed E-state index contributed by atoms with van der Waals surface area (Å²) in [4.78, 5) is 2.74. The molecule has 2 aliphatic rings. The average molecular weight is 307 g/mol. The number of fused-ring (bicyclic) bond motifs is 1. The maximum atomic E-state index is 10.5. The van der Waals surface area contributed by atoms with E-state index in [4.69, 9.17) is 24.5 Å². The van der Waals surface area contributed by atoms with Gasteiger partial charge in [-0.05, 0) is 5.53 Å². The molecule has 0 saturated carbocycles. The molecule has 2 aliphatic heterocycles. The van der Waals surface area contributed by atoms with E-state index in [1.54, 1.807) is 0 Å². The SMILES string of the molecule is CO[C@@H]1O[C@@H]2CO[C@H](c3ccccc3)O[C@@H]2[C@H](O)[C@@H]1N=[N+]=[N-]. The number of hydrogen-bond acceptors (Lipinski definition) is 6. The molecule has 1 aromatic rings. The average Bonchev–Trinajstić information content (AvgIpc) is 2.58. The van der Waals surface area contributed by atoms with Crippen molar-refractivity contribution in [2.75, 3.05) is 13.7 Å². The van der Waals surface area contributed by atoms with Gasteiger partial charge in [-0.15, -0.1) is 0 Å². The monoisotopic (exact) mass is 307 g/mol. The lowest BCUT2D eigenvalue weighted by molar-refractivity contribution is -0.338. The predicted octanol–water partition coefficient (Wildman–Crippen LogP) is 1.51. The van der Waals surface area contributed by atoms with E-state index in [0.717, 1.165) is 5.56 Å².